The van der Waals surface area contributed by atoms with Crippen LogP contribution in [0.1, 0.15) is 55.8 Å². The topological polar surface area (TPSA) is 58.6 Å². The second-order valence-electron chi connectivity index (χ2n) is 7.06. The van der Waals surface area contributed by atoms with Gasteiger partial charge < -0.3 is 15.0 Å². The fraction of sp³-hybridized carbons (Fsp3) is 0.600. The number of nitrogens with zero attached hydrogens (tertiary/aromatic N) is 1. The molecular formula is C20H29ClN2O3. The first-order valence-corrected chi connectivity index (χ1v) is 9.45. The molecule has 144 valence electrons. The highest BCUT2D eigenvalue weighted by Crippen LogP contribution is 2.21. The molecule has 1 aromatic carbocycles. The number of benzene rings is 1. The van der Waals surface area contributed by atoms with E-state index in [0.717, 1.165) is 38.1 Å². The van der Waals surface area contributed by atoms with E-state index in [9.17, 15) is 9.59 Å². The maximum atomic E-state index is 12.5. The van der Waals surface area contributed by atoms with Crippen molar-refractivity contribution in [1.82, 2.24) is 10.2 Å². The normalized spacial score (nSPS) is 21.7. The molecule has 2 aliphatic heterocycles. The molecule has 0 spiro atoms. The standard InChI is InChI=1S/C20H28N2O3.ClH/c1-2-13-25-18-7-3-15(4-8-18)19(23)9-10-20(24)22-12-11-16-5-6-17(14-22)21-16;/h3-4,7-8,16-17,21H,2,5-6,9-14H2,1H3;1H. The molecule has 2 atom stereocenters. The fourth-order valence-corrected chi connectivity index (χ4v) is 3.65. The number of ether oxygens (including phenoxy) is 1. The molecule has 2 aliphatic rings. The number of hydrogen-bond donors (Lipinski definition) is 1. The van der Waals surface area contributed by atoms with Gasteiger partial charge in [-0.2, -0.15) is 0 Å². The Hall–Kier alpha value is -1.59. The Morgan fingerprint density at radius 3 is 2.58 bits per heavy atom. The maximum absolute atomic E-state index is 12.5. The lowest BCUT2D eigenvalue weighted by Gasteiger charge is -2.24. The Morgan fingerprint density at radius 2 is 1.85 bits per heavy atom. The van der Waals surface area contributed by atoms with Gasteiger partial charge in [0.1, 0.15) is 5.75 Å². The minimum absolute atomic E-state index is 0. The number of amides is 1. The van der Waals surface area contributed by atoms with Crippen molar-refractivity contribution in [3.63, 3.8) is 0 Å². The van der Waals surface area contributed by atoms with Gasteiger partial charge in [-0.05, 0) is 49.9 Å². The van der Waals surface area contributed by atoms with Crippen LogP contribution in [0.2, 0.25) is 0 Å². The number of ketones is 1. The van der Waals surface area contributed by atoms with Crippen molar-refractivity contribution in [1.29, 1.82) is 0 Å². The van der Waals surface area contributed by atoms with E-state index in [1.54, 1.807) is 12.1 Å². The van der Waals surface area contributed by atoms with Crippen LogP contribution in [0.3, 0.4) is 0 Å². The van der Waals surface area contributed by atoms with Crippen molar-refractivity contribution in [2.24, 2.45) is 0 Å². The number of halogens is 1. The molecule has 0 aliphatic carbocycles. The number of likely N-dealkylation sites (tertiary alicyclic amines) is 1. The van der Waals surface area contributed by atoms with Gasteiger partial charge in [0.15, 0.2) is 5.78 Å². The number of nitrogens with one attached hydrogen (secondary N) is 1. The highest BCUT2D eigenvalue weighted by molar-refractivity contribution is 5.98. The number of Topliss-reactive ketones (excluding diaryl/α,β-unsaturated/α-hetero) is 1. The van der Waals surface area contributed by atoms with Crippen LogP contribution in [-0.4, -0.2) is 48.4 Å². The summed E-state index contributed by atoms with van der Waals surface area (Å²) in [6, 6.07) is 8.21. The Balaban J connectivity index is 0.00000243. The SMILES string of the molecule is CCCOc1ccc(C(=O)CCC(=O)N2CCC3CCC(C2)N3)cc1.Cl. The number of carbonyl (C=O) groups is 2. The van der Waals surface area contributed by atoms with Crippen molar-refractivity contribution >= 4 is 24.1 Å². The highest BCUT2D eigenvalue weighted by atomic mass is 35.5. The summed E-state index contributed by atoms with van der Waals surface area (Å²) < 4.78 is 5.53. The van der Waals surface area contributed by atoms with Gasteiger partial charge in [-0.3, -0.25) is 9.59 Å². The summed E-state index contributed by atoms with van der Waals surface area (Å²) in [7, 11) is 0. The van der Waals surface area contributed by atoms with Crippen LogP contribution in [0.5, 0.6) is 5.75 Å². The van der Waals surface area contributed by atoms with Gasteiger partial charge in [-0.1, -0.05) is 6.92 Å². The summed E-state index contributed by atoms with van der Waals surface area (Å²) in [6.45, 7) is 4.33. The molecule has 2 unspecified atom stereocenters. The molecule has 6 heteroatoms. The first kappa shape index (κ1) is 20.7. The van der Waals surface area contributed by atoms with Crippen molar-refractivity contribution in [2.45, 2.75) is 57.5 Å². The second kappa shape index (κ2) is 9.93. The average Bonchev–Trinajstić information content (AvgIpc) is 2.96. The van der Waals surface area contributed by atoms with Crippen molar-refractivity contribution in [3.8, 4) is 5.75 Å². The van der Waals surface area contributed by atoms with E-state index in [-0.39, 0.29) is 30.5 Å². The molecule has 0 radical (unpaired) electrons. The van der Waals surface area contributed by atoms with E-state index in [1.807, 2.05) is 17.0 Å². The lowest BCUT2D eigenvalue weighted by atomic mass is 10.0. The molecule has 5 nitrogen and oxygen atoms in total. The van der Waals surface area contributed by atoms with E-state index >= 15 is 0 Å². The third-order valence-electron chi connectivity index (χ3n) is 5.09. The van der Waals surface area contributed by atoms with Crippen LogP contribution in [0.4, 0.5) is 0 Å². The fourth-order valence-electron chi connectivity index (χ4n) is 3.65. The van der Waals surface area contributed by atoms with E-state index in [1.165, 1.54) is 6.42 Å². The van der Waals surface area contributed by atoms with Crippen LogP contribution >= 0.6 is 12.4 Å². The summed E-state index contributed by atoms with van der Waals surface area (Å²) >= 11 is 0. The monoisotopic (exact) mass is 380 g/mol. The smallest absolute Gasteiger partial charge is 0.223 e. The Labute approximate surface area is 161 Å². The minimum Gasteiger partial charge on any atom is -0.494 e. The van der Waals surface area contributed by atoms with E-state index in [0.29, 0.717) is 30.7 Å². The summed E-state index contributed by atoms with van der Waals surface area (Å²) in [5, 5.41) is 3.58. The molecule has 3 rings (SSSR count). The third-order valence-corrected chi connectivity index (χ3v) is 5.09. The lowest BCUT2D eigenvalue weighted by molar-refractivity contribution is -0.131. The largest absolute Gasteiger partial charge is 0.494 e. The van der Waals surface area contributed by atoms with Crippen LogP contribution in [0, 0.1) is 0 Å². The zero-order valence-electron chi connectivity index (χ0n) is 15.4. The summed E-state index contributed by atoms with van der Waals surface area (Å²) in [5.41, 5.74) is 0.647. The lowest BCUT2D eigenvalue weighted by Crippen LogP contribution is -2.39. The van der Waals surface area contributed by atoms with Gasteiger partial charge >= 0.3 is 0 Å². The Kier molecular flexibility index (Phi) is 7.91. The molecule has 2 fully saturated rings. The first-order valence-electron chi connectivity index (χ1n) is 9.45. The van der Waals surface area contributed by atoms with E-state index in [4.69, 9.17) is 4.74 Å². The zero-order chi connectivity index (χ0) is 17.6. The Morgan fingerprint density at radius 1 is 1.12 bits per heavy atom. The minimum atomic E-state index is 0. The van der Waals surface area contributed by atoms with Gasteiger partial charge in [0.05, 0.1) is 6.61 Å². The van der Waals surface area contributed by atoms with Gasteiger partial charge in [0.2, 0.25) is 5.91 Å². The predicted molar refractivity (Wildman–Crippen MR) is 104 cm³/mol. The van der Waals surface area contributed by atoms with Crippen molar-refractivity contribution < 1.29 is 14.3 Å². The molecule has 1 N–H and O–H groups in total. The summed E-state index contributed by atoms with van der Waals surface area (Å²) in [6.07, 6.45) is 4.92. The van der Waals surface area contributed by atoms with Gasteiger partial charge in [-0.25, -0.2) is 0 Å². The maximum Gasteiger partial charge on any atom is 0.223 e. The first-order chi connectivity index (χ1) is 12.2. The number of carbonyl (C=O) groups excluding carboxylic acids is 2. The second-order valence-corrected chi connectivity index (χ2v) is 7.06. The molecular weight excluding hydrogens is 352 g/mol. The van der Waals surface area contributed by atoms with E-state index in [2.05, 4.69) is 12.2 Å². The average molecular weight is 381 g/mol. The van der Waals surface area contributed by atoms with Crippen molar-refractivity contribution in [3.05, 3.63) is 29.8 Å². The molecule has 2 bridgehead atoms. The quantitative estimate of drug-likeness (QED) is 0.738. The molecule has 1 amide bonds. The van der Waals surface area contributed by atoms with E-state index < -0.39 is 0 Å². The van der Waals surface area contributed by atoms with Gasteiger partial charge in [0, 0.05) is 43.6 Å². The van der Waals surface area contributed by atoms with Gasteiger partial charge in [0.25, 0.3) is 0 Å². The third kappa shape index (κ3) is 5.45. The summed E-state index contributed by atoms with van der Waals surface area (Å²) in [5.74, 6) is 0.900. The van der Waals surface area contributed by atoms with Crippen LogP contribution in [0.25, 0.3) is 0 Å². The zero-order valence-corrected chi connectivity index (χ0v) is 16.2. The van der Waals surface area contributed by atoms with Crippen molar-refractivity contribution in [2.75, 3.05) is 19.7 Å². The highest BCUT2D eigenvalue weighted by Gasteiger charge is 2.31. The molecule has 2 heterocycles. The number of rotatable bonds is 7. The van der Waals surface area contributed by atoms with Crippen LogP contribution in [0.15, 0.2) is 24.3 Å². The predicted octanol–water partition coefficient (Wildman–Crippen LogP) is 3.21. The molecule has 2 saturated heterocycles. The van der Waals surface area contributed by atoms with Gasteiger partial charge in [-0.15, -0.1) is 12.4 Å². The Bertz CT molecular complexity index is 606. The summed E-state index contributed by atoms with van der Waals surface area (Å²) in [4.78, 5) is 26.7. The van der Waals surface area contributed by atoms with Crippen LogP contribution in [-0.2, 0) is 4.79 Å². The molecule has 1 aromatic rings. The molecule has 0 saturated carbocycles. The molecule has 0 aromatic heterocycles. The molecule has 26 heavy (non-hydrogen) atoms. The van der Waals surface area contributed by atoms with Crippen LogP contribution < -0.4 is 10.1 Å². The number of fused-ring (bicyclic) bond motifs is 2. The number of hydrogen-bond acceptors (Lipinski definition) is 4.